The van der Waals surface area contributed by atoms with E-state index in [0.717, 1.165) is 12.7 Å². The zero-order valence-corrected chi connectivity index (χ0v) is 20.8. The normalized spacial score (nSPS) is 11.9. The Labute approximate surface area is 202 Å². The second kappa shape index (κ2) is 11.9. The summed E-state index contributed by atoms with van der Waals surface area (Å²) in [5, 5.41) is 12.3. The van der Waals surface area contributed by atoms with Gasteiger partial charge in [-0.3, -0.25) is 4.79 Å². The summed E-state index contributed by atoms with van der Waals surface area (Å²) in [5.41, 5.74) is 1.64. The highest BCUT2D eigenvalue weighted by Gasteiger charge is 2.15. The van der Waals surface area contributed by atoms with Gasteiger partial charge in [0.05, 0.1) is 19.8 Å². The van der Waals surface area contributed by atoms with E-state index in [9.17, 15) is 14.9 Å². The van der Waals surface area contributed by atoms with Gasteiger partial charge in [-0.15, -0.1) is 0 Å². The van der Waals surface area contributed by atoms with Crippen LogP contribution in [0.3, 0.4) is 0 Å². The minimum Gasteiger partial charge on any atom is -0.480 e. The van der Waals surface area contributed by atoms with Crippen molar-refractivity contribution in [2.75, 3.05) is 13.2 Å². The Kier molecular flexibility index (Phi) is 9.58. The molecule has 0 saturated carbocycles. The molecule has 1 atom stereocenters. The van der Waals surface area contributed by atoms with E-state index >= 15 is 0 Å². The topological polar surface area (TPSA) is 88.4 Å². The molecule has 0 bridgehead atoms. The number of rotatable bonds is 8. The zero-order valence-electron chi connectivity index (χ0n) is 16.4. The number of nitrogens with zero attached hydrogens (tertiary/aromatic N) is 1. The Morgan fingerprint density at radius 2 is 1.83 bits per heavy atom. The molecule has 0 saturated heterocycles. The van der Waals surface area contributed by atoms with Gasteiger partial charge in [0.1, 0.15) is 17.4 Å². The van der Waals surface area contributed by atoms with Crippen LogP contribution in [0.4, 0.5) is 0 Å². The lowest BCUT2D eigenvalue weighted by atomic mass is 10.1. The molecule has 0 aliphatic heterocycles. The number of hydrogen-bond donors (Lipinski definition) is 1. The lowest BCUT2D eigenvalue weighted by Crippen LogP contribution is -2.27. The molecule has 0 aliphatic rings. The largest absolute Gasteiger partial charge is 0.480 e. The summed E-state index contributed by atoms with van der Waals surface area (Å²) in [5.74, 6) is -0.326. The number of hydrogen-bond acceptors (Lipinski definition) is 5. The average molecular weight is 630 g/mol. The summed E-state index contributed by atoms with van der Waals surface area (Å²) >= 11 is 4.18. The maximum absolute atomic E-state index is 12.6. The number of carbonyl (C=O) groups excluding carboxylic acids is 2. The lowest BCUT2D eigenvalue weighted by Gasteiger charge is -2.14. The summed E-state index contributed by atoms with van der Waals surface area (Å²) in [6.07, 6.45) is 1.53. The van der Waals surface area contributed by atoms with Crippen LogP contribution in [0.5, 0.6) is 5.75 Å². The predicted octanol–water partition coefficient (Wildman–Crippen LogP) is 4.62. The van der Waals surface area contributed by atoms with Gasteiger partial charge in [-0.1, -0.05) is 30.3 Å². The van der Waals surface area contributed by atoms with Gasteiger partial charge in [0, 0.05) is 0 Å². The van der Waals surface area contributed by atoms with E-state index in [2.05, 4.69) is 50.5 Å². The predicted molar refractivity (Wildman–Crippen MR) is 131 cm³/mol. The SMILES string of the molecule is CCOC(=O)COc1c(I)cc(/C=C(/C#N)C(=O)N[C@@H](C)c2ccccc2)cc1I. The number of benzene rings is 2. The van der Waals surface area contributed by atoms with Crippen LogP contribution in [0.25, 0.3) is 6.08 Å². The number of amides is 1. The number of esters is 1. The number of halogens is 2. The summed E-state index contributed by atoms with van der Waals surface area (Å²) in [7, 11) is 0. The van der Waals surface area contributed by atoms with Gasteiger partial charge in [0.25, 0.3) is 5.91 Å². The molecular weight excluding hydrogens is 610 g/mol. The first-order valence-electron chi connectivity index (χ1n) is 9.10. The smallest absolute Gasteiger partial charge is 0.344 e. The Bertz CT molecular complexity index is 961. The molecule has 2 rings (SSSR count). The molecule has 0 fully saturated rings. The van der Waals surface area contributed by atoms with Crippen LogP contribution >= 0.6 is 45.2 Å². The van der Waals surface area contributed by atoms with Crippen molar-refractivity contribution >= 4 is 63.1 Å². The summed E-state index contributed by atoms with van der Waals surface area (Å²) < 4.78 is 11.9. The van der Waals surface area contributed by atoms with Crippen LogP contribution < -0.4 is 10.1 Å². The fourth-order valence-electron chi connectivity index (χ4n) is 2.55. The molecule has 1 N–H and O–H groups in total. The fraction of sp³-hybridized carbons (Fsp3) is 0.227. The molecule has 30 heavy (non-hydrogen) atoms. The number of nitrogens with one attached hydrogen (secondary N) is 1. The van der Waals surface area contributed by atoms with Crippen LogP contribution in [0.1, 0.15) is 31.0 Å². The van der Waals surface area contributed by atoms with E-state index in [-0.39, 0.29) is 18.2 Å². The fourth-order valence-corrected chi connectivity index (χ4v) is 4.68. The van der Waals surface area contributed by atoms with Gasteiger partial charge in [-0.2, -0.15) is 5.26 Å². The van der Waals surface area contributed by atoms with Crippen LogP contribution in [-0.2, 0) is 14.3 Å². The van der Waals surface area contributed by atoms with E-state index < -0.39 is 11.9 Å². The van der Waals surface area contributed by atoms with Gasteiger partial charge in [0.2, 0.25) is 0 Å². The molecule has 0 heterocycles. The maximum atomic E-state index is 12.6. The molecule has 0 spiro atoms. The van der Waals surface area contributed by atoms with Crippen molar-refractivity contribution in [1.29, 1.82) is 5.26 Å². The van der Waals surface area contributed by atoms with Crippen LogP contribution in [-0.4, -0.2) is 25.1 Å². The first-order chi connectivity index (χ1) is 14.3. The molecule has 2 aromatic rings. The van der Waals surface area contributed by atoms with Crippen molar-refractivity contribution in [1.82, 2.24) is 5.32 Å². The monoisotopic (exact) mass is 630 g/mol. The summed E-state index contributed by atoms with van der Waals surface area (Å²) in [6, 6.07) is 14.8. The zero-order chi connectivity index (χ0) is 22.1. The van der Waals surface area contributed by atoms with Crippen LogP contribution in [0.2, 0.25) is 0 Å². The number of carbonyl (C=O) groups is 2. The second-order valence-corrected chi connectivity index (χ2v) is 8.51. The number of nitriles is 1. The van der Waals surface area contributed by atoms with Crippen molar-refractivity contribution in [3.05, 3.63) is 66.3 Å². The summed E-state index contributed by atoms with van der Waals surface area (Å²) in [6.45, 7) is 3.71. The molecule has 0 radical (unpaired) electrons. The third-order valence-electron chi connectivity index (χ3n) is 3.98. The highest BCUT2D eigenvalue weighted by atomic mass is 127. The molecule has 0 aliphatic carbocycles. The Hall–Kier alpha value is -2.13. The van der Waals surface area contributed by atoms with E-state index in [1.54, 1.807) is 19.1 Å². The van der Waals surface area contributed by atoms with Crippen molar-refractivity contribution in [2.45, 2.75) is 19.9 Å². The van der Waals surface area contributed by atoms with Crippen molar-refractivity contribution in [3.63, 3.8) is 0 Å². The van der Waals surface area contributed by atoms with Crippen molar-refractivity contribution in [3.8, 4) is 11.8 Å². The maximum Gasteiger partial charge on any atom is 0.344 e. The Morgan fingerprint density at radius 3 is 2.40 bits per heavy atom. The quantitative estimate of drug-likeness (QED) is 0.199. The number of ether oxygens (including phenoxy) is 2. The molecule has 1 amide bonds. The average Bonchev–Trinajstić information content (AvgIpc) is 2.72. The molecule has 0 unspecified atom stereocenters. The van der Waals surface area contributed by atoms with Crippen LogP contribution in [0, 0.1) is 18.5 Å². The first kappa shape index (κ1) is 24.1. The molecule has 2 aromatic carbocycles. The Balaban J connectivity index is 2.16. The van der Waals surface area contributed by atoms with E-state index in [4.69, 9.17) is 9.47 Å². The molecule has 6 nitrogen and oxygen atoms in total. The van der Waals surface area contributed by atoms with Gasteiger partial charge in [0.15, 0.2) is 6.61 Å². The van der Waals surface area contributed by atoms with E-state index in [1.165, 1.54) is 6.08 Å². The van der Waals surface area contributed by atoms with E-state index in [1.807, 2.05) is 43.3 Å². The standard InChI is InChI=1S/C22H20I2N2O4/c1-3-29-20(27)13-30-21-18(23)10-15(11-19(21)24)9-17(12-25)22(28)26-14(2)16-7-5-4-6-8-16/h4-11,14H,3,13H2,1-2H3,(H,26,28)/b17-9-/t14-/m0/s1. The first-order valence-corrected chi connectivity index (χ1v) is 11.3. The summed E-state index contributed by atoms with van der Waals surface area (Å²) in [4.78, 5) is 24.1. The van der Waals surface area contributed by atoms with Crippen molar-refractivity contribution in [2.24, 2.45) is 0 Å². The minimum absolute atomic E-state index is 0.00423. The molecular formula is C22H20I2N2O4. The molecule has 8 heteroatoms. The van der Waals surface area contributed by atoms with Crippen LogP contribution in [0.15, 0.2) is 48.0 Å². The lowest BCUT2D eigenvalue weighted by molar-refractivity contribution is -0.145. The Morgan fingerprint density at radius 1 is 1.20 bits per heavy atom. The minimum atomic E-state index is -0.443. The molecule has 156 valence electrons. The highest BCUT2D eigenvalue weighted by molar-refractivity contribution is 14.1. The van der Waals surface area contributed by atoms with Gasteiger partial charge in [-0.25, -0.2) is 4.79 Å². The van der Waals surface area contributed by atoms with Crippen molar-refractivity contribution < 1.29 is 19.1 Å². The molecule has 0 aromatic heterocycles. The van der Waals surface area contributed by atoms with Gasteiger partial charge in [-0.05, 0) is 88.4 Å². The van der Waals surface area contributed by atoms with Gasteiger partial charge < -0.3 is 14.8 Å². The van der Waals surface area contributed by atoms with Gasteiger partial charge >= 0.3 is 5.97 Å². The third kappa shape index (κ3) is 6.98. The highest BCUT2D eigenvalue weighted by Crippen LogP contribution is 2.30. The second-order valence-electron chi connectivity index (χ2n) is 6.18. The third-order valence-corrected chi connectivity index (χ3v) is 5.59. The van der Waals surface area contributed by atoms with E-state index in [0.29, 0.717) is 17.9 Å².